The van der Waals surface area contributed by atoms with Crippen molar-refractivity contribution in [2.24, 2.45) is 0 Å². The van der Waals surface area contributed by atoms with Gasteiger partial charge >= 0.3 is 0 Å². The van der Waals surface area contributed by atoms with Gasteiger partial charge in [-0.3, -0.25) is 4.79 Å². The molecule has 1 heterocycles. The summed E-state index contributed by atoms with van der Waals surface area (Å²) in [5.41, 5.74) is 4.46. The van der Waals surface area contributed by atoms with E-state index >= 15 is 0 Å². The van der Waals surface area contributed by atoms with Crippen LogP contribution in [0.4, 0.5) is 0 Å². The number of rotatable bonds is 2. The van der Waals surface area contributed by atoms with Crippen molar-refractivity contribution in [3.63, 3.8) is 0 Å². The lowest BCUT2D eigenvalue weighted by atomic mass is 9.85. The van der Waals surface area contributed by atoms with E-state index in [9.17, 15) is 4.79 Å². The van der Waals surface area contributed by atoms with Crippen LogP contribution in [0.3, 0.4) is 0 Å². The van der Waals surface area contributed by atoms with Gasteiger partial charge in [0.2, 0.25) is 5.91 Å². The molecule has 27 heavy (non-hydrogen) atoms. The van der Waals surface area contributed by atoms with E-state index in [2.05, 4.69) is 29.6 Å². The van der Waals surface area contributed by atoms with Gasteiger partial charge < -0.3 is 10.1 Å². The van der Waals surface area contributed by atoms with Crippen LogP contribution in [0.2, 0.25) is 0 Å². The highest BCUT2D eigenvalue weighted by molar-refractivity contribution is 5.90. The van der Waals surface area contributed by atoms with E-state index < -0.39 is 0 Å². The third kappa shape index (κ3) is 2.80. The maximum absolute atomic E-state index is 13.4. The van der Waals surface area contributed by atoms with Gasteiger partial charge in [-0.15, -0.1) is 0 Å². The molecule has 5 rings (SSSR count). The maximum Gasteiger partial charge on any atom is 0.232 e. The molecular weight excluding hydrogens is 334 g/mol. The molecule has 0 bridgehead atoms. The molecule has 1 unspecified atom stereocenters. The number of benzene rings is 3. The van der Waals surface area contributed by atoms with Crippen LogP contribution >= 0.6 is 0 Å². The van der Waals surface area contributed by atoms with Gasteiger partial charge in [-0.1, -0.05) is 60.7 Å². The Hall–Kier alpha value is -3.07. The van der Waals surface area contributed by atoms with E-state index in [1.807, 2.05) is 48.5 Å². The Morgan fingerprint density at radius 3 is 2.11 bits per heavy atom. The molecule has 0 spiro atoms. The van der Waals surface area contributed by atoms with Crippen molar-refractivity contribution in [2.75, 3.05) is 0 Å². The fourth-order valence-electron chi connectivity index (χ4n) is 4.35. The van der Waals surface area contributed by atoms with Crippen molar-refractivity contribution in [2.45, 2.75) is 31.2 Å². The number of amides is 1. The van der Waals surface area contributed by atoms with Crippen LogP contribution in [-0.4, -0.2) is 5.91 Å². The van der Waals surface area contributed by atoms with Crippen LogP contribution in [0.1, 0.15) is 47.1 Å². The molecule has 3 heteroatoms. The second-order valence-corrected chi connectivity index (χ2v) is 7.26. The summed E-state index contributed by atoms with van der Waals surface area (Å²) < 4.78 is 6.02. The fraction of sp³-hybridized carbons (Fsp3) is 0.208. The highest BCUT2D eigenvalue weighted by Gasteiger charge is 2.34. The smallest absolute Gasteiger partial charge is 0.232 e. The molecule has 3 aromatic carbocycles. The predicted octanol–water partition coefficient (Wildman–Crippen LogP) is 5.12. The maximum atomic E-state index is 13.4. The highest BCUT2D eigenvalue weighted by Crippen LogP contribution is 2.44. The first-order valence-corrected chi connectivity index (χ1v) is 9.55. The van der Waals surface area contributed by atoms with Gasteiger partial charge in [0.1, 0.15) is 11.5 Å². The molecule has 2 aliphatic rings. The minimum atomic E-state index is -0.347. The zero-order valence-corrected chi connectivity index (χ0v) is 15.0. The Morgan fingerprint density at radius 2 is 1.41 bits per heavy atom. The van der Waals surface area contributed by atoms with Gasteiger partial charge in [-0.05, 0) is 42.5 Å². The van der Waals surface area contributed by atoms with Crippen molar-refractivity contribution in [1.29, 1.82) is 0 Å². The van der Waals surface area contributed by atoms with Crippen LogP contribution in [0.5, 0.6) is 11.5 Å². The lowest BCUT2D eigenvalue weighted by molar-refractivity contribution is -0.122. The molecule has 0 fully saturated rings. The molecule has 0 aromatic heterocycles. The first-order valence-electron chi connectivity index (χ1n) is 9.55. The Morgan fingerprint density at radius 1 is 0.815 bits per heavy atom. The number of carbonyl (C=O) groups is 1. The van der Waals surface area contributed by atoms with Crippen LogP contribution in [0.25, 0.3) is 0 Å². The largest absolute Gasteiger partial charge is 0.457 e. The minimum absolute atomic E-state index is 0.0416. The molecular formula is C24H21NO2. The minimum Gasteiger partial charge on any atom is -0.457 e. The van der Waals surface area contributed by atoms with Crippen LogP contribution < -0.4 is 10.1 Å². The zero-order chi connectivity index (χ0) is 18.2. The summed E-state index contributed by atoms with van der Waals surface area (Å²) in [6.45, 7) is 0. The summed E-state index contributed by atoms with van der Waals surface area (Å²) in [7, 11) is 0. The zero-order valence-electron chi connectivity index (χ0n) is 15.0. The van der Waals surface area contributed by atoms with Crippen molar-refractivity contribution >= 4 is 5.91 Å². The number of hydrogen-bond donors (Lipinski definition) is 1. The van der Waals surface area contributed by atoms with Gasteiger partial charge in [0.15, 0.2) is 0 Å². The molecule has 0 saturated carbocycles. The van der Waals surface area contributed by atoms with Gasteiger partial charge in [0.05, 0.1) is 12.0 Å². The van der Waals surface area contributed by atoms with Crippen molar-refractivity contribution < 1.29 is 9.53 Å². The molecule has 134 valence electrons. The molecule has 1 amide bonds. The van der Waals surface area contributed by atoms with Crippen LogP contribution in [0, 0.1) is 0 Å². The van der Waals surface area contributed by atoms with E-state index in [1.54, 1.807) is 0 Å². The summed E-state index contributed by atoms with van der Waals surface area (Å²) in [5, 5.41) is 3.33. The summed E-state index contributed by atoms with van der Waals surface area (Å²) in [4.78, 5) is 13.4. The van der Waals surface area contributed by atoms with Crippen LogP contribution in [0.15, 0.2) is 72.8 Å². The van der Waals surface area contributed by atoms with E-state index in [0.29, 0.717) is 0 Å². The number of aryl methyl sites for hydroxylation is 1. The Labute approximate surface area is 159 Å². The number of fused-ring (bicyclic) bond motifs is 3. The van der Waals surface area contributed by atoms with E-state index in [-0.39, 0.29) is 17.9 Å². The van der Waals surface area contributed by atoms with Gasteiger partial charge in [0.25, 0.3) is 0 Å². The van der Waals surface area contributed by atoms with Gasteiger partial charge in [0, 0.05) is 11.1 Å². The summed E-state index contributed by atoms with van der Waals surface area (Å²) in [5.74, 6) is 1.22. The van der Waals surface area contributed by atoms with Crippen molar-refractivity contribution in [3.8, 4) is 11.5 Å². The Balaban J connectivity index is 1.51. The third-order valence-corrected chi connectivity index (χ3v) is 5.63. The molecule has 1 atom stereocenters. The predicted molar refractivity (Wildman–Crippen MR) is 105 cm³/mol. The first-order chi connectivity index (χ1) is 13.3. The Kier molecular flexibility index (Phi) is 3.93. The Bertz CT molecular complexity index is 965. The molecule has 1 aliphatic heterocycles. The summed E-state index contributed by atoms with van der Waals surface area (Å²) in [6, 6.07) is 24.2. The normalized spacial score (nSPS) is 17.9. The first kappa shape index (κ1) is 16.1. The quantitative estimate of drug-likeness (QED) is 0.693. The summed E-state index contributed by atoms with van der Waals surface area (Å²) >= 11 is 0. The standard InChI is InChI=1S/C24H21NO2/c26-24(25-20-13-7-9-16-8-1-2-10-17(16)20)23-18-11-3-5-14-21(18)27-22-15-6-4-12-19(22)23/h1-6,8,10-12,14-15,20,23H,7,9,13H2,(H,25,26). The number of hydrogen-bond acceptors (Lipinski definition) is 2. The van der Waals surface area contributed by atoms with Gasteiger partial charge in [-0.2, -0.15) is 0 Å². The molecule has 1 N–H and O–H groups in total. The second kappa shape index (κ2) is 6.58. The van der Waals surface area contributed by atoms with E-state index in [1.165, 1.54) is 11.1 Å². The fourth-order valence-corrected chi connectivity index (χ4v) is 4.35. The van der Waals surface area contributed by atoms with E-state index in [4.69, 9.17) is 4.74 Å². The number of ether oxygens (including phenoxy) is 1. The van der Waals surface area contributed by atoms with E-state index in [0.717, 1.165) is 41.9 Å². The SMILES string of the molecule is O=C(NC1CCCc2ccccc21)C1c2ccccc2Oc2ccccc21. The molecule has 3 nitrogen and oxygen atoms in total. The second-order valence-electron chi connectivity index (χ2n) is 7.26. The monoisotopic (exact) mass is 355 g/mol. The van der Waals surface area contributed by atoms with Crippen LogP contribution in [-0.2, 0) is 11.2 Å². The van der Waals surface area contributed by atoms with Crippen molar-refractivity contribution in [1.82, 2.24) is 5.32 Å². The average molecular weight is 355 g/mol. The van der Waals surface area contributed by atoms with Gasteiger partial charge in [-0.25, -0.2) is 0 Å². The molecule has 1 aliphatic carbocycles. The number of para-hydroxylation sites is 2. The highest BCUT2D eigenvalue weighted by atomic mass is 16.5. The third-order valence-electron chi connectivity index (χ3n) is 5.63. The lowest BCUT2D eigenvalue weighted by Gasteiger charge is -2.31. The number of nitrogens with one attached hydrogen (secondary N) is 1. The average Bonchev–Trinajstić information content (AvgIpc) is 2.72. The summed E-state index contributed by atoms with van der Waals surface area (Å²) in [6.07, 6.45) is 3.17. The lowest BCUT2D eigenvalue weighted by Crippen LogP contribution is -2.36. The van der Waals surface area contributed by atoms with Crippen molar-refractivity contribution in [3.05, 3.63) is 95.1 Å². The molecule has 0 radical (unpaired) electrons. The molecule has 3 aromatic rings. The topological polar surface area (TPSA) is 38.3 Å². The molecule has 0 saturated heterocycles. The number of carbonyl (C=O) groups excluding carboxylic acids is 1.